The van der Waals surface area contributed by atoms with E-state index in [0.29, 0.717) is 0 Å². The van der Waals surface area contributed by atoms with Gasteiger partial charge < -0.3 is 14.8 Å². The fraction of sp³-hybridized carbons (Fsp3) is 0.364. The normalized spacial score (nSPS) is 11.0. The maximum absolute atomic E-state index is 9.58. The Balaban J connectivity index is 2.25. The molecule has 0 aliphatic rings. The number of fused-ring (bicyclic) bond motifs is 1. The number of aromatic hydroxyl groups is 1. The lowest BCUT2D eigenvalue weighted by Crippen LogP contribution is -2.09. The molecule has 0 saturated heterocycles. The number of imidazole rings is 1. The third-order valence-electron chi connectivity index (χ3n) is 2.45. The van der Waals surface area contributed by atoms with Crippen LogP contribution in [0.15, 0.2) is 24.5 Å². The zero-order valence-corrected chi connectivity index (χ0v) is 8.77. The number of aromatic nitrogens is 2. The number of pyridine rings is 1. The first-order valence-electron chi connectivity index (χ1n) is 5.11. The van der Waals surface area contributed by atoms with Crippen LogP contribution >= 0.6 is 0 Å². The fourth-order valence-electron chi connectivity index (χ4n) is 1.67. The van der Waals surface area contributed by atoms with Gasteiger partial charge in [0.05, 0.1) is 6.20 Å². The standard InChI is InChI=1S/C11H15N3O/c1-12-6-2-5-11-13-8-9-10(15)4-3-7-14(9)11/h3-4,7-8,12,15H,2,5-6H2,1H3. The molecule has 80 valence electrons. The van der Waals surface area contributed by atoms with E-state index in [1.165, 1.54) is 0 Å². The van der Waals surface area contributed by atoms with Gasteiger partial charge in [0.15, 0.2) is 0 Å². The van der Waals surface area contributed by atoms with Crippen LogP contribution in [0, 0.1) is 0 Å². The Morgan fingerprint density at radius 1 is 1.53 bits per heavy atom. The topological polar surface area (TPSA) is 49.6 Å². The maximum Gasteiger partial charge on any atom is 0.141 e. The quantitative estimate of drug-likeness (QED) is 0.737. The van der Waals surface area contributed by atoms with Crippen LogP contribution in [-0.2, 0) is 6.42 Å². The molecule has 0 aliphatic carbocycles. The molecule has 0 radical (unpaired) electrons. The largest absolute Gasteiger partial charge is 0.506 e. The van der Waals surface area contributed by atoms with Crippen LogP contribution < -0.4 is 5.32 Å². The predicted octanol–water partition coefficient (Wildman–Crippen LogP) is 1.19. The summed E-state index contributed by atoms with van der Waals surface area (Å²) < 4.78 is 1.94. The van der Waals surface area contributed by atoms with Crippen molar-refractivity contribution in [2.75, 3.05) is 13.6 Å². The molecular formula is C11H15N3O. The average molecular weight is 205 g/mol. The van der Waals surface area contributed by atoms with Crippen LogP contribution in [-0.4, -0.2) is 28.1 Å². The number of aryl methyl sites for hydroxylation is 1. The number of hydrogen-bond donors (Lipinski definition) is 2. The first kappa shape index (κ1) is 9.98. The molecule has 0 amide bonds. The molecule has 0 bridgehead atoms. The van der Waals surface area contributed by atoms with Crippen LogP contribution in [0.3, 0.4) is 0 Å². The summed E-state index contributed by atoms with van der Waals surface area (Å²) in [6, 6.07) is 3.50. The molecule has 2 aromatic heterocycles. The zero-order valence-electron chi connectivity index (χ0n) is 8.77. The summed E-state index contributed by atoms with van der Waals surface area (Å²) in [6.45, 7) is 0.980. The lowest BCUT2D eigenvalue weighted by atomic mass is 10.3. The van der Waals surface area contributed by atoms with E-state index in [1.54, 1.807) is 12.3 Å². The van der Waals surface area contributed by atoms with Gasteiger partial charge in [-0.3, -0.25) is 0 Å². The van der Waals surface area contributed by atoms with Gasteiger partial charge in [0.25, 0.3) is 0 Å². The van der Waals surface area contributed by atoms with Crippen molar-refractivity contribution in [3.63, 3.8) is 0 Å². The number of nitrogens with zero attached hydrogens (tertiary/aromatic N) is 2. The summed E-state index contributed by atoms with van der Waals surface area (Å²) in [5.41, 5.74) is 0.775. The second-order valence-electron chi connectivity index (χ2n) is 3.53. The summed E-state index contributed by atoms with van der Waals surface area (Å²) in [5.74, 6) is 1.28. The van der Waals surface area contributed by atoms with E-state index in [1.807, 2.05) is 23.7 Å². The van der Waals surface area contributed by atoms with E-state index in [9.17, 15) is 5.11 Å². The van der Waals surface area contributed by atoms with Crippen LogP contribution in [0.25, 0.3) is 5.52 Å². The molecule has 0 atom stereocenters. The Morgan fingerprint density at radius 2 is 2.40 bits per heavy atom. The van der Waals surface area contributed by atoms with E-state index in [-0.39, 0.29) is 5.75 Å². The van der Waals surface area contributed by atoms with Crippen LogP contribution in [0.1, 0.15) is 12.2 Å². The Morgan fingerprint density at radius 3 is 3.20 bits per heavy atom. The Hall–Kier alpha value is -1.55. The molecule has 0 unspecified atom stereocenters. The summed E-state index contributed by atoms with van der Waals surface area (Å²) in [5, 5.41) is 12.7. The average Bonchev–Trinajstić information content (AvgIpc) is 2.64. The third kappa shape index (κ3) is 1.94. The molecule has 15 heavy (non-hydrogen) atoms. The molecule has 4 nitrogen and oxygen atoms in total. The van der Waals surface area contributed by atoms with E-state index < -0.39 is 0 Å². The minimum Gasteiger partial charge on any atom is -0.506 e. The van der Waals surface area contributed by atoms with Gasteiger partial charge in [-0.15, -0.1) is 0 Å². The first-order chi connectivity index (χ1) is 7.33. The summed E-state index contributed by atoms with van der Waals surface area (Å²) in [7, 11) is 1.94. The van der Waals surface area contributed by atoms with Gasteiger partial charge in [-0.25, -0.2) is 4.98 Å². The van der Waals surface area contributed by atoms with Crippen molar-refractivity contribution in [1.29, 1.82) is 0 Å². The number of hydrogen-bond acceptors (Lipinski definition) is 3. The molecule has 2 aromatic rings. The van der Waals surface area contributed by atoms with E-state index >= 15 is 0 Å². The summed E-state index contributed by atoms with van der Waals surface area (Å²) in [6.07, 6.45) is 5.60. The van der Waals surface area contributed by atoms with Crippen molar-refractivity contribution in [1.82, 2.24) is 14.7 Å². The molecule has 4 heteroatoms. The summed E-state index contributed by atoms with van der Waals surface area (Å²) >= 11 is 0. The lowest BCUT2D eigenvalue weighted by molar-refractivity contribution is 0.479. The molecule has 2 rings (SSSR count). The summed E-state index contributed by atoms with van der Waals surface area (Å²) in [4.78, 5) is 4.30. The lowest BCUT2D eigenvalue weighted by Gasteiger charge is -2.01. The Bertz CT molecular complexity index is 450. The van der Waals surface area contributed by atoms with Crippen LogP contribution in [0.4, 0.5) is 0 Å². The van der Waals surface area contributed by atoms with E-state index in [2.05, 4.69) is 10.3 Å². The zero-order chi connectivity index (χ0) is 10.7. The molecule has 0 spiro atoms. The predicted molar refractivity (Wildman–Crippen MR) is 59.1 cm³/mol. The van der Waals surface area contributed by atoms with E-state index in [4.69, 9.17) is 0 Å². The SMILES string of the molecule is CNCCCc1ncc2c(O)cccn12. The van der Waals surface area contributed by atoms with Gasteiger partial charge in [0.2, 0.25) is 0 Å². The highest BCUT2D eigenvalue weighted by Crippen LogP contribution is 2.18. The van der Waals surface area contributed by atoms with Crippen molar-refractivity contribution in [2.45, 2.75) is 12.8 Å². The molecule has 0 saturated carbocycles. The Kier molecular flexibility index (Phi) is 2.87. The third-order valence-corrected chi connectivity index (χ3v) is 2.45. The Labute approximate surface area is 88.6 Å². The van der Waals surface area contributed by atoms with Gasteiger partial charge >= 0.3 is 0 Å². The van der Waals surface area contributed by atoms with Crippen LogP contribution in [0.2, 0.25) is 0 Å². The van der Waals surface area contributed by atoms with Gasteiger partial charge in [0, 0.05) is 12.6 Å². The second kappa shape index (κ2) is 4.31. The number of nitrogens with one attached hydrogen (secondary N) is 1. The molecule has 2 N–H and O–H groups in total. The molecule has 0 aromatic carbocycles. The molecule has 0 aliphatic heterocycles. The van der Waals surface area contributed by atoms with Gasteiger partial charge in [0.1, 0.15) is 17.1 Å². The van der Waals surface area contributed by atoms with Crippen molar-refractivity contribution in [2.24, 2.45) is 0 Å². The minimum absolute atomic E-state index is 0.282. The molecular weight excluding hydrogens is 190 g/mol. The smallest absolute Gasteiger partial charge is 0.141 e. The van der Waals surface area contributed by atoms with Gasteiger partial charge in [-0.1, -0.05) is 0 Å². The second-order valence-corrected chi connectivity index (χ2v) is 3.53. The monoisotopic (exact) mass is 205 g/mol. The highest BCUT2D eigenvalue weighted by Gasteiger charge is 2.05. The molecule has 0 fully saturated rings. The van der Waals surface area contributed by atoms with Crippen LogP contribution in [0.5, 0.6) is 5.75 Å². The van der Waals surface area contributed by atoms with Crippen molar-refractivity contribution < 1.29 is 5.11 Å². The maximum atomic E-state index is 9.58. The highest BCUT2D eigenvalue weighted by molar-refractivity contribution is 5.58. The van der Waals surface area contributed by atoms with E-state index in [0.717, 1.165) is 30.7 Å². The van der Waals surface area contributed by atoms with Crippen molar-refractivity contribution in [3.05, 3.63) is 30.4 Å². The van der Waals surface area contributed by atoms with Gasteiger partial charge in [-0.05, 0) is 32.1 Å². The number of rotatable bonds is 4. The van der Waals surface area contributed by atoms with Crippen molar-refractivity contribution in [3.8, 4) is 5.75 Å². The minimum atomic E-state index is 0.282. The molecule has 2 heterocycles. The van der Waals surface area contributed by atoms with Crippen molar-refractivity contribution >= 4 is 5.52 Å². The van der Waals surface area contributed by atoms with Gasteiger partial charge in [-0.2, -0.15) is 0 Å². The first-order valence-corrected chi connectivity index (χ1v) is 5.11. The fourth-order valence-corrected chi connectivity index (χ4v) is 1.67. The highest BCUT2D eigenvalue weighted by atomic mass is 16.3.